The maximum Gasteiger partial charge on any atom is 0.416 e. The van der Waals surface area contributed by atoms with E-state index in [9.17, 15) is 18.3 Å². The zero-order valence-corrected chi connectivity index (χ0v) is 17.5. The number of ether oxygens (including phenoxy) is 2. The Bertz CT molecular complexity index is 940. The van der Waals surface area contributed by atoms with Gasteiger partial charge in [0.15, 0.2) is 0 Å². The van der Waals surface area contributed by atoms with Gasteiger partial charge in [0.05, 0.1) is 25.3 Å². The molecule has 9 heteroatoms. The molecule has 1 aromatic carbocycles. The molecule has 31 heavy (non-hydrogen) atoms. The number of nitrogens with zero attached hydrogens (tertiary/aromatic N) is 3. The second kappa shape index (κ2) is 8.27. The molecule has 168 valence electrons. The van der Waals surface area contributed by atoms with Crippen molar-refractivity contribution in [1.29, 1.82) is 0 Å². The molecule has 1 saturated heterocycles. The fourth-order valence-corrected chi connectivity index (χ4v) is 5.15. The lowest BCUT2D eigenvalue weighted by Crippen LogP contribution is -2.43. The monoisotopic (exact) mass is 437 g/mol. The van der Waals surface area contributed by atoms with E-state index in [0.29, 0.717) is 25.1 Å². The average molecular weight is 437 g/mol. The summed E-state index contributed by atoms with van der Waals surface area (Å²) in [4.78, 5) is 10.4. The van der Waals surface area contributed by atoms with Crippen LogP contribution in [0.5, 0.6) is 11.9 Å². The van der Waals surface area contributed by atoms with Crippen molar-refractivity contribution in [3.8, 4) is 11.9 Å². The molecule has 0 unspecified atom stereocenters. The topological polar surface area (TPSA) is 67.7 Å². The van der Waals surface area contributed by atoms with E-state index < -0.39 is 17.3 Å². The predicted octanol–water partition coefficient (Wildman–Crippen LogP) is 3.63. The fourth-order valence-electron chi connectivity index (χ4n) is 5.15. The van der Waals surface area contributed by atoms with Gasteiger partial charge in [-0.1, -0.05) is 18.2 Å². The number of hydrogen-bond acceptors (Lipinski definition) is 6. The van der Waals surface area contributed by atoms with Crippen LogP contribution in [0.3, 0.4) is 0 Å². The third kappa shape index (κ3) is 4.08. The number of alkyl halides is 3. The summed E-state index contributed by atoms with van der Waals surface area (Å²) in [6.45, 7) is 1.32. The lowest BCUT2D eigenvalue weighted by Gasteiger charge is -2.41. The number of rotatable bonds is 5. The van der Waals surface area contributed by atoms with E-state index in [4.69, 9.17) is 9.47 Å². The van der Waals surface area contributed by atoms with Gasteiger partial charge in [0, 0.05) is 31.7 Å². The Balaban J connectivity index is 1.60. The van der Waals surface area contributed by atoms with E-state index in [2.05, 4.69) is 9.97 Å². The van der Waals surface area contributed by atoms with E-state index in [1.807, 2.05) is 4.90 Å². The lowest BCUT2D eigenvalue weighted by molar-refractivity contribution is -0.138. The summed E-state index contributed by atoms with van der Waals surface area (Å²) >= 11 is 0. The van der Waals surface area contributed by atoms with Gasteiger partial charge in [0.2, 0.25) is 5.88 Å². The van der Waals surface area contributed by atoms with Crippen molar-refractivity contribution in [3.63, 3.8) is 0 Å². The zero-order valence-electron chi connectivity index (χ0n) is 17.5. The summed E-state index contributed by atoms with van der Waals surface area (Å²) in [5, 5.41) is 11.7. The summed E-state index contributed by atoms with van der Waals surface area (Å²) in [5.41, 5.74) is -1.06. The number of likely N-dealkylation sites (tertiary alicyclic amines) is 1. The molecule has 2 heterocycles. The van der Waals surface area contributed by atoms with E-state index in [-0.39, 0.29) is 35.8 Å². The molecular formula is C22H26F3N3O3. The molecule has 2 aliphatic rings. The van der Waals surface area contributed by atoms with Crippen LogP contribution in [0, 0.1) is 11.8 Å². The minimum absolute atomic E-state index is 0.147. The highest BCUT2D eigenvalue weighted by Crippen LogP contribution is 2.50. The first-order valence-electron chi connectivity index (χ1n) is 10.3. The number of aliphatic hydroxyl groups is 1. The maximum absolute atomic E-state index is 13.4. The van der Waals surface area contributed by atoms with Gasteiger partial charge < -0.3 is 14.6 Å². The molecule has 3 atom stereocenters. The smallest absolute Gasteiger partial charge is 0.416 e. The van der Waals surface area contributed by atoms with Crippen molar-refractivity contribution in [2.75, 3.05) is 27.3 Å². The Morgan fingerprint density at radius 2 is 1.97 bits per heavy atom. The van der Waals surface area contributed by atoms with Gasteiger partial charge in [-0.05, 0) is 36.8 Å². The molecule has 0 spiro atoms. The third-order valence-corrected chi connectivity index (χ3v) is 6.55. The van der Waals surface area contributed by atoms with Crippen molar-refractivity contribution in [2.24, 2.45) is 11.8 Å². The first-order valence-corrected chi connectivity index (χ1v) is 10.3. The SMILES string of the molecule is COc1ncc([C@]2(O)CCC[C@@H]3CN(Cc4ccccc4C(F)(F)F)C[C@H]32)c(OC)n1. The molecule has 2 aromatic rings. The molecule has 0 bridgehead atoms. The number of benzene rings is 1. The average Bonchev–Trinajstić information content (AvgIpc) is 3.17. The summed E-state index contributed by atoms with van der Waals surface area (Å²) in [6.07, 6.45) is -0.608. The lowest BCUT2D eigenvalue weighted by atomic mass is 9.68. The molecule has 0 radical (unpaired) electrons. The van der Waals surface area contributed by atoms with Gasteiger partial charge >= 0.3 is 12.2 Å². The molecule has 1 aliphatic carbocycles. The van der Waals surface area contributed by atoms with E-state index >= 15 is 0 Å². The molecular weight excluding hydrogens is 411 g/mol. The first kappa shape index (κ1) is 21.8. The number of hydrogen-bond donors (Lipinski definition) is 1. The van der Waals surface area contributed by atoms with Gasteiger partial charge in [-0.3, -0.25) is 4.90 Å². The van der Waals surface area contributed by atoms with Gasteiger partial charge in [-0.2, -0.15) is 18.2 Å². The molecule has 1 aliphatic heterocycles. The van der Waals surface area contributed by atoms with Crippen molar-refractivity contribution in [2.45, 2.75) is 37.6 Å². The quantitative estimate of drug-likeness (QED) is 0.771. The van der Waals surface area contributed by atoms with E-state index in [1.54, 1.807) is 6.07 Å². The second-order valence-electron chi connectivity index (χ2n) is 8.31. The highest BCUT2D eigenvalue weighted by molar-refractivity contribution is 5.34. The summed E-state index contributed by atoms with van der Waals surface area (Å²) in [5.74, 6) is 0.282. The molecule has 1 aromatic heterocycles. The number of fused-ring (bicyclic) bond motifs is 1. The largest absolute Gasteiger partial charge is 0.481 e. The fraction of sp³-hybridized carbons (Fsp3) is 0.545. The standard InChI is InChI=1S/C22H26F3N3O3/c1-30-19-17(10-26-20(27-19)31-2)21(29)9-5-7-15-12-28(13-18(15)21)11-14-6-3-4-8-16(14)22(23,24)25/h3-4,6,8,10,15,18,29H,5,7,9,11-13H2,1-2H3/t15-,18-,21-/m1/s1. The van der Waals surface area contributed by atoms with Crippen LogP contribution in [0.25, 0.3) is 0 Å². The van der Waals surface area contributed by atoms with Crippen molar-refractivity contribution < 1.29 is 27.8 Å². The predicted molar refractivity (Wildman–Crippen MR) is 107 cm³/mol. The molecule has 1 saturated carbocycles. The minimum Gasteiger partial charge on any atom is -0.481 e. The van der Waals surface area contributed by atoms with Crippen molar-refractivity contribution in [1.82, 2.24) is 14.9 Å². The molecule has 1 N–H and O–H groups in total. The van der Waals surface area contributed by atoms with Gasteiger partial charge in [0.25, 0.3) is 0 Å². The van der Waals surface area contributed by atoms with Gasteiger partial charge in [0.1, 0.15) is 5.60 Å². The van der Waals surface area contributed by atoms with Crippen LogP contribution in [0.15, 0.2) is 30.5 Å². The highest BCUT2D eigenvalue weighted by Gasteiger charge is 2.51. The van der Waals surface area contributed by atoms with Crippen molar-refractivity contribution >= 4 is 0 Å². The van der Waals surface area contributed by atoms with Crippen LogP contribution in [-0.4, -0.2) is 47.3 Å². The molecule has 2 fully saturated rings. The number of methoxy groups -OCH3 is 2. The normalized spacial score (nSPS) is 26.5. The Morgan fingerprint density at radius 3 is 2.68 bits per heavy atom. The number of aromatic nitrogens is 2. The van der Waals surface area contributed by atoms with Crippen LogP contribution in [0.2, 0.25) is 0 Å². The molecule has 4 rings (SSSR count). The molecule has 6 nitrogen and oxygen atoms in total. The van der Waals surface area contributed by atoms with E-state index in [1.165, 1.54) is 32.5 Å². The highest BCUT2D eigenvalue weighted by atomic mass is 19.4. The van der Waals surface area contributed by atoms with Crippen LogP contribution < -0.4 is 9.47 Å². The Kier molecular flexibility index (Phi) is 5.83. The summed E-state index contributed by atoms with van der Waals surface area (Å²) in [7, 11) is 2.93. The zero-order chi connectivity index (χ0) is 22.2. The van der Waals surface area contributed by atoms with Gasteiger partial charge in [-0.15, -0.1) is 0 Å². The number of halogens is 3. The van der Waals surface area contributed by atoms with Crippen LogP contribution in [0.1, 0.15) is 36.0 Å². The summed E-state index contributed by atoms with van der Waals surface area (Å²) < 4.78 is 50.7. The Labute approximate surface area is 179 Å². The minimum atomic E-state index is -4.39. The maximum atomic E-state index is 13.4. The van der Waals surface area contributed by atoms with Crippen molar-refractivity contribution in [3.05, 3.63) is 47.2 Å². The first-order chi connectivity index (χ1) is 14.8. The van der Waals surface area contributed by atoms with Crippen LogP contribution in [-0.2, 0) is 18.3 Å². The van der Waals surface area contributed by atoms with E-state index in [0.717, 1.165) is 18.9 Å². The second-order valence-corrected chi connectivity index (χ2v) is 8.31. The Morgan fingerprint density at radius 1 is 1.19 bits per heavy atom. The molecule has 0 amide bonds. The third-order valence-electron chi connectivity index (χ3n) is 6.55. The van der Waals surface area contributed by atoms with Gasteiger partial charge in [-0.25, -0.2) is 4.98 Å². The van der Waals surface area contributed by atoms with Crippen LogP contribution in [0.4, 0.5) is 13.2 Å². The summed E-state index contributed by atoms with van der Waals surface area (Å²) in [6, 6.07) is 5.83. The van der Waals surface area contributed by atoms with Crippen LogP contribution >= 0.6 is 0 Å². The Hall–Kier alpha value is -2.39.